The summed E-state index contributed by atoms with van der Waals surface area (Å²) in [6.07, 6.45) is 0. The molecular formula is C10H20O8Ti. The maximum Gasteiger partial charge on any atom is 4.00 e. The van der Waals surface area contributed by atoms with Crippen molar-refractivity contribution in [2.45, 2.75) is 38.9 Å². The summed E-state index contributed by atoms with van der Waals surface area (Å²) in [4.78, 5) is 20.0. The molecule has 112 valence electrons. The van der Waals surface area contributed by atoms with Crippen LogP contribution in [0.3, 0.4) is 0 Å². The van der Waals surface area contributed by atoms with Crippen molar-refractivity contribution in [2.75, 3.05) is 14.2 Å². The fourth-order valence-corrected chi connectivity index (χ4v) is 0.167. The molecule has 19 heavy (non-hydrogen) atoms. The van der Waals surface area contributed by atoms with Crippen LogP contribution in [0.1, 0.15) is 27.7 Å². The van der Waals surface area contributed by atoms with Crippen LogP contribution in [0.2, 0.25) is 0 Å². The molecule has 0 spiro atoms. The Morgan fingerprint density at radius 1 is 0.789 bits per heavy atom. The van der Waals surface area contributed by atoms with E-state index in [0.29, 0.717) is 0 Å². The SMILES string of the molecule is COC(C)(C)C(=O)[O-].COC(C)(C)C(=O)[O-].[OH-].[OH-].[Ti+4]. The summed E-state index contributed by atoms with van der Waals surface area (Å²) in [6, 6.07) is 0. The first-order valence-electron chi connectivity index (χ1n) is 4.54. The van der Waals surface area contributed by atoms with E-state index < -0.39 is 23.1 Å². The summed E-state index contributed by atoms with van der Waals surface area (Å²) >= 11 is 0. The van der Waals surface area contributed by atoms with Crippen molar-refractivity contribution in [1.29, 1.82) is 0 Å². The van der Waals surface area contributed by atoms with Crippen LogP contribution in [-0.4, -0.2) is 48.3 Å². The number of carbonyl (C=O) groups excluding carboxylic acids is 2. The van der Waals surface area contributed by atoms with Crippen LogP contribution in [0.25, 0.3) is 0 Å². The topological polar surface area (TPSA) is 159 Å². The molecule has 0 saturated heterocycles. The number of carboxylic acid groups (broad SMARTS) is 2. The molecule has 9 heteroatoms. The third-order valence-corrected chi connectivity index (χ3v) is 2.00. The number of carbonyl (C=O) groups is 2. The molecule has 0 rings (SSSR count). The zero-order valence-electron chi connectivity index (χ0n) is 11.8. The third kappa shape index (κ3) is 13.7. The average Bonchev–Trinajstić information content (AvgIpc) is 2.18. The quantitative estimate of drug-likeness (QED) is 0.536. The molecule has 0 unspecified atom stereocenters. The molecule has 0 radical (unpaired) electrons. The zero-order valence-corrected chi connectivity index (χ0v) is 13.4. The van der Waals surface area contributed by atoms with Crippen LogP contribution in [0.5, 0.6) is 0 Å². The molecule has 0 aliphatic carbocycles. The van der Waals surface area contributed by atoms with Crippen molar-refractivity contribution < 1.29 is 61.9 Å². The van der Waals surface area contributed by atoms with Crippen molar-refractivity contribution >= 4 is 11.9 Å². The maximum absolute atomic E-state index is 10.0. The Kier molecular flexibility index (Phi) is 20.5. The number of hydrogen-bond acceptors (Lipinski definition) is 8. The Bertz CT molecular complexity index is 226. The van der Waals surface area contributed by atoms with E-state index >= 15 is 0 Å². The molecule has 0 aliphatic heterocycles. The second-order valence-corrected chi connectivity index (χ2v) is 4.00. The van der Waals surface area contributed by atoms with E-state index in [1.807, 2.05) is 0 Å². The number of methoxy groups -OCH3 is 2. The van der Waals surface area contributed by atoms with E-state index in [1.54, 1.807) is 0 Å². The average molecular weight is 316 g/mol. The molecule has 2 N–H and O–H groups in total. The van der Waals surface area contributed by atoms with Gasteiger partial charge in [0.2, 0.25) is 0 Å². The second-order valence-electron chi connectivity index (χ2n) is 4.00. The molecule has 0 aliphatic rings. The molecule has 8 nitrogen and oxygen atoms in total. The molecule has 0 aromatic heterocycles. The predicted molar refractivity (Wildman–Crippen MR) is 56.1 cm³/mol. The van der Waals surface area contributed by atoms with Crippen LogP contribution < -0.4 is 10.2 Å². The van der Waals surface area contributed by atoms with Crippen molar-refractivity contribution in [3.8, 4) is 0 Å². The van der Waals surface area contributed by atoms with Crippen LogP contribution in [0.4, 0.5) is 0 Å². The number of carboxylic acids is 2. The summed E-state index contributed by atoms with van der Waals surface area (Å²) in [7, 11) is 2.66. The Balaban J connectivity index is -0.0000000594. The smallest absolute Gasteiger partial charge is 0.870 e. The van der Waals surface area contributed by atoms with Gasteiger partial charge in [-0.1, -0.05) is 0 Å². The van der Waals surface area contributed by atoms with Crippen LogP contribution in [0, 0.1) is 0 Å². The van der Waals surface area contributed by atoms with E-state index in [0.717, 1.165) is 0 Å². The van der Waals surface area contributed by atoms with Crippen LogP contribution in [-0.2, 0) is 40.8 Å². The van der Waals surface area contributed by atoms with Gasteiger partial charge in [-0.2, -0.15) is 0 Å². The summed E-state index contributed by atoms with van der Waals surface area (Å²) in [6.45, 7) is 5.73. The fraction of sp³-hybridized carbons (Fsp3) is 0.800. The molecule has 0 heterocycles. The Hall–Kier alpha value is -0.506. The van der Waals surface area contributed by atoms with Gasteiger partial charge in [-0.05, 0) is 27.7 Å². The van der Waals surface area contributed by atoms with Gasteiger partial charge >= 0.3 is 21.7 Å². The summed E-state index contributed by atoms with van der Waals surface area (Å²) in [5.41, 5.74) is -2.31. The van der Waals surface area contributed by atoms with Crippen LogP contribution in [0.15, 0.2) is 0 Å². The molecule has 0 aromatic rings. The molecule has 0 saturated carbocycles. The van der Waals surface area contributed by atoms with E-state index in [2.05, 4.69) is 9.47 Å². The first-order valence-corrected chi connectivity index (χ1v) is 4.54. The molecular weight excluding hydrogens is 296 g/mol. The number of hydrogen-bond donors (Lipinski definition) is 0. The van der Waals surface area contributed by atoms with Gasteiger partial charge < -0.3 is 40.2 Å². The molecule has 0 aromatic carbocycles. The summed E-state index contributed by atoms with van der Waals surface area (Å²) in [5, 5.41) is 20.0. The molecule has 0 atom stereocenters. The third-order valence-electron chi connectivity index (χ3n) is 2.00. The van der Waals surface area contributed by atoms with Gasteiger partial charge in [-0.25, -0.2) is 0 Å². The monoisotopic (exact) mass is 316 g/mol. The minimum absolute atomic E-state index is 0. The second kappa shape index (κ2) is 12.5. The summed E-state index contributed by atoms with van der Waals surface area (Å²) in [5.74, 6) is -2.39. The van der Waals surface area contributed by atoms with Crippen LogP contribution >= 0.6 is 0 Å². The van der Waals surface area contributed by atoms with Gasteiger partial charge in [-0.3, -0.25) is 0 Å². The van der Waals surface area contributed by atoms with E-state index in [1.165, 1.54) is 41.9 Å². The van der Waals surface area contributed by atoms with E-state index in [9.17, 15) is 19.8 Å². The van der Waals surface area contributed by atoms with Crippen molar-refractivity contribution in [1.82, 2.24) is 0 Å². The van der Waals surface area contributed by atoms with E-state index in [4.69, 9.17) is 0 Å². The van der Waals surface area contributed by atoms with Crippen molar-refractivity contribution in [3.63, 3.8) is 0 Å². The molecule has 0 bridgehead atoms. The van der Waals surface area contributed by atoms with Crippen molar-refractivity contribution in [2.24, 2.45) is 0 Å². The largest absolute Gasteiger partial charge is 4.00 e. The maximum atomic E-state index is 10.0. The Morgan fingerprint density at radius 3 is 0.947 bits per heavy atom. The number of rotatable bonds is 4. The normalized spacial score (nSPS) is 9.58. The van der Waals surface area contributed by atoms with Gasteiger partial charge in [0.05, 0.1) is 11.9 Å². The molecule has 0 fully saturated rings. The molecule has 0 amide bonds. The number of aliphatic carboxylic acids is 2. The van der Waals surface area contributed by atoms with Gasteiger partial charge in [0.1, 0.15) is 11.2 Å². The first kappa shape index (κ1) is 31.1. The van der Waals surface area contributed by atoms with Crippen molar-refractivity contribution in [3.05, 3.63) is 0 Å². The Morgan fingerprint density at radius 2 is 0.947 bits per heavy atom. The first-order chi connectivity index (χ1) is 7.01. The minimum atomic E-state index is -1.19. The van der Waals surface area contributed by atoms with E-state index in [-0.39, 0.29) is 32.7 Å². The van der Waals surface area contributed by atoms with Gasteiger partial charge in [0.15, 0.2) is 0 Å². The minimum Gasteiger partial charge on any atom is -0.870 e. The Labute approximate surface area is 127 Å². The van der Waals surface area contributed by atoms with Gasteiger partial charge in [-0.15, -0.1) is 0 Å². The summed E-state index contributed by atoms with van der Waals surface area (Å²) < 4.78 is 9.07. The fourth-order valence-electron chi connectivity index (χ4n) is 0.167. The van der Waals surface area contributed by atoms with Gasteiger partial charge in [0, 0.05) is 14.2 Å². The van der Waals surface area contributed by atoms with Gasteiger partial charge in [0.25, 0.3) is 0 Å². The number of ether oxygens (including phenoxy) is 2. The zero-order chi connectivity index (χ0) is 13.6. The predicted octanol–water partition coefficient (Wildman–Crippen LogP) is -2.03. The standard InChI is InChI=1S/2C5H10O3.2H2O.Ti/c2*1-5(2,8-3)4(6)7;;;/h2*1-3H3,(H,6,7);2*1H2;/q;;;;+4/p-4.